The molecule has 0 aromatic heterocycles. The minimum absolute atomic E-state index is 0.0681. The lowest BCUT2D eigenvalue weighted by molar-refractivity contribution is 0.219. The Hall–Kier alpha value is -1.35. The average molecular weight is 235 g/mol. The predicted molar refractivity (Wildman–Crippen MR) is 66.1 cm³/mol. The first-order chi connectivity index (χ1) is 8.33. The first-order valence-corrected chi connectivity index (χ1v) is 6.11. The van der Waals surface area contributed by atoms with Gasteiger partial charge in [0.15, 0.2) is 0 Å². The normalized spacial score (nSPS) is 17.2. The van der Waals surface area contributed by atoms with Crippen LogP contribution in [0.15, 0.2) is 36.1 Å². The fourth-order valence-corrected chi connectivity index (χ4v) is 2.15. The van der Waals surface area contributed by atoms with Gasteiger partial charge in [-0.25, -0.2) is 4.39 Å². The van der Waals surface area contributed by atoms with Gasteiger partial charge in [0.05, 0.1) is 18.9 Å². The number of rotatable bonds is 4. The number of halogens is 1. The number of benzene rings is 1. The molecule has 92 valence electrons. The van der Waals surface area contributed by atoms with Gasteiger partial charge in [0.25, 0.3) is 0 Å². The maximum absolute atomic E-state index is 13.8. The third kappa shape index (κ3) is 2.86. The molecule has 1 unspecified atom stereocenters. The molecule has 0 radical (unpaired) electrons. The Kier molecular flexibility index (Phi) is 4.15. The molecular formula is C14H18FNO. The minimum atomic E-state index is -0.162. The molecular weight excluding hydrogens is 217 g/mol. The van der Waals surface area contributed by atoms with Crippen molar-refractivity contribution >= 4 is 0 Å². The zero-order valence-electron chi connectivity index (χ0n) is 10.1. The summed E-state index contributed by atoms with van der Waals surface area (Å²) in [5, 5.41) is 3.32. The summed E-state index contributed by atoms with van der Waals surface area (Å²) in [6, 6.07) is 6.85. The summed E-state index contributed by atoms with van der Waals surface area (Å²) in [6.45, 7) is 3.59. The number of ether oxygens (including phenoxy) is 1. The number of likely N-dealkylation sites (N-methyl/N-ethyl adjacent to an activating group) is 1. The van der Waals surface area contributed by atoms with Crippen LogP contribution in [0.4, 0.5) is 4.39 Å². The molecule has 2 nitrogen and oxygen atoms in total. The zero-order chi connectivity index (χ0) is 12.1. The van der Waals surface area contributed by atoms with Gasteiger partial charge >= 0.3 is 0 Å². The van der Waals surface area contributed by atoms with Gasteiger partial charge in [-0.15, -0.1) is 0 Å². The molecule has 1 aliphatic rings. The molecule has 0 amide bonds. The highest BCUT2D eigenvalue weighted by Gasteiger charge is 2.20. The van der Waals surface area contributed by atoms with Gasteiger partial charge in [0.1, 0.15) is 5.82 Å². The Labute approximate surface area is 101 Å². The average Bonchev–Trinajstić information content (AvgIpc) is 2.38. The van der Waals surface area contributed by atoms with Crippen LogP contribution >= 0.6 is 0 Å². The van der Waals surface area contributed by atoms with Crippen molar-refractivity contribution in [1.29, 1.82) is 0 Å². The molecule has 0 aliphatic carbocycles. The van der Waals surface area contributed by atoms with Crippen molar-refractivity contribution < 1.29 is 9.13 Å². The smallest absolute Gasteiger partial charge is 0.128 e. The van der Waals surface area contributed by atoms with E-state index in [2.05, 4.69) is 5.32 Å². The van der Waals surface area contributed by atoms with Gasteiger partial charge in [-0.3, -0.25) is 0 Å². The largest absolute Gasteiger partial charge is 0.501 e. The lowest BCUT2D eigenvalue weighted by Gasteiger charge is -2.24. The standard InChI is InChI=1S/C14H18FNO/c1-2-16-14(11-6-5-9-17-10-11)12-7-3-4-8-13(12)15/h3-4,7-8,10,14,16H,2,5-6,9H2,1H3. The zero-order valence-corrected chi connectivity index (χ0v) is 10.1. The number of hydrogen-bond acceptors (Lipinski definition) is 2. The second-order valence-electron chi connectivity index (χ2n) is 4.18. The van der Waals surface area contributed by atoms with Gasteiger partial charge < -0.3 is 10.1 Å². The first-order valence-electron chi connectivity index (χ1n) is 6.11. The van der Waals surface area contributed by atoms with Gasteiger partial charge in [-0.2, -0.15) is 0 Å². The van der Waals surface area contributed by atoms with Crippen LogP contribution in [0.3, 0.4) is 0 Å². The van der Waals surface area contributed by atoms with E-state index in [0.29, 0.717) is 5.56 Å². The van der Waals surface area contributed by atoms with E-state index in [1.807, 2.05) is 19.1 Å². The molecule has 0 saturated heterocycles. The highest BCUT2D eigenvalue weighted by molar-refractivity contribution is 5.29. The van der Waals surface area contributed by atoms with E-state index in [0.717, 1.165) is 31.6 Å². The van der Waals surface area contributed by atoms with Crippen molar-refractivity contribution in [2.75, 3.05) is 13.2 Å². The first kappa shape index (κ1) is 12.1. The van der Waals surface area contributed by atoms with E-state index < -0.39 is 0 Å². The Morgan fingerprint density at radius 3 is 2.88 bits per heavy atom. The minimum Gasteiger partial charge on any atom is -0.501 e. The van der Waals surface area contributed by atoms with Gasteiger partial charge in [0, 0.05) is 5.56 Å². The molecule has 0 fully saturated rings. The van der Waals surface area contributed by atoms with E-state index in [-0.39, 0.29) is 11.9 Å². The van der Waals surface area contributed by atoms with E-state index in [4.69, 9.17) is 4.74 Å². The Morgan fingerprint density at radius 2 is 2.24 bits per heavy atom. The topological polar surface area (TPSA) is 21.3 Å². The van der Waals surface area contributed by atoms with Crippen molar-refractivity contribution in [3.63, 3.8) is 0 Å². The van der Waals surface area contributed by atoms with E-state index >= 15 is 0 Å². The molecule has 0 saturated carbocycles. The van der Waals surface area contributed by atoms with Crippen LogP contribution in [0, 0.1) is 5.82 Å². The monoisotopic (exact) mass is 235 g/mol. The summed E-state index contributed by atoms with van der Waals surface area (Å²) in [6.07, 6.45) is 3.75. The predicted octanol–water partition coefficient (Wildman–Crippen LogP) is 3.17. The summed E-state index contributed by atoms with van der Waals surface area (Å²) in [5.74, 6) is -0.162. The SMILES string of the molecule is CCNC(C1=COCCC1)c1ccccc1F. The number of nitrogens with one attached hydrogen (secondary N) is 1. The van der Waals surface area contributed by atoms with Crippen LogP contribution < -0.4 is 5.32 Å². The van der Waals surface area contributed by atoms with Crippen molar-refractivity contribution in [2.24, 2.45) is 0 Å². The maximum atomic E-state index is 13.8. The molecule has 1 aliphatic heterocycles. The lowest BCUT2D eigenvalue weighted by Crippen LogP contribution is -2.25. The van der Waals surface area contributed by atoms with Crippen molar-refractivity contribution in [2.45, 2.75) is 25.8 Å². The maximum Gasteiger partial charge on any atom is 0.128 e. The third-order valence-corrected chi connectivity index (χ3v) is 2.96. The van der Waals surface area contributed by atoms with Crippen molar-refractivity contribution in [1.82, 2.24) is 5.32 Å². The van der Waals surface area contributed by atoms with E-state index in [1.54, 1.807) is 12.3 Å². The van der Waals surface area contributed by atoms with Crippen LogP contribution in [0.2, 0.25) is 0 Å². The number of hydrogen-bond donors (Lipinski definition) is 1. The van der Waals surface area contributed by atoms with Crippen LogP contribution in [-0.4, -0.2) is 13.2 Å². The Bertz CT molecular complexity index is 403. The molecule has 0 spiro atoms. The van der Waals surface area contributed by atoms with E-state index in [9.17, 15) is 4.39 Å². The van der Waals surface area contributed by atoms with E-state index in [1.165, 1.54) is 6.07 Å². The van der Waals surface area contributed by atoms with Crippen LogP contribution in [-0.2, 0) is 4.74 Å². The van der Waals surface area contributed by atoms with Crippen molar-refractivity contribution in [3.05, 3.63) is 47.5 Å². The molecule has 1 aromatic rings. The summed E-state index contributed by atoms with van der Waals surface area (Å²) < 4.78 is 19.2. The fraction of sp³-hybridized carbons (Fsp3) is 0.429. The highest BCUT2D eigenvalue weighted by atomic mass is 19.1. The summed E-state index contributed by atoms with van der Waals surface area (Å²) >= 11 is 0. The van der Waals surface area contributed by atoms with Gasteiger partial charge in [-0.05, 0) is 31.0 Å². The molecule has 17 heavy (non-hydrogen) atoms. The highest BCUT2D eigenvalue weighted by Crippen LogP contribution is 2.29. The molecule has 1 heterocycles. The second-order valence-corrected chi connectivity index (χ2v) is 4.18. The molecule has 0 bridgehead atoms. The molecule has 1 atom stereocenters. The molecule has 3 heteroatoms. The third-order valence-electron chi connectivity index (χ3n) is 2.96. The molecule has 1 aromatic carbocycles. The lowest BCUT2D eigenvalue weighted by atomic mass is 9.95. The van der Waals surface area contributed by atoms with Crippen LogP contribution in [0.1, 0.15) is 31.4 Å². The Morgan fingerprint density at radius 1 is 1.41 bits per heavy atom. The summed E-state index contributed by atoms with van der Waals surface area (Å²) in [5.41, 5.74) is 1.83. The summed E-state index contributed by atoms with van der Waals surface area (Å²) in [4.78, 5) is 0. The van der Waals surface area contributed by atoms with Crippen LogP contribution in [0.25, 0.3) is 0 Å². The van der Waals surface area contributed by atoms with Gasteiger partial charge in [0.2, 0.25) is 0 Å². The quantitative estimate of drug-likeness (QED) is 0.865. The van der Waals surface area contributed by atoms with Crippen molar-refractivity contribution in [3.8, 4) is 0 Å². The fourth-order valence-electron chi connectivity index (χ4n) is 2.15. The Balaban J connectivity index is 2.28. The summed E-state index contributed by atoms with van der Waals surface area (Å²) in [7, 11) is 0. The van der Waals surface area contributed by atoms with Crippen LogP contribution in [0.5, 0.6) is 0 Å². The molecule has 1 N–H and O–H groups in total. The second kappa shape index (κ2) is 5.82. The molecule has 2 rings (SSSR count). The van der Waals surface area contributed by atoms with Gasteiger partial charge in [-0.1, -0.05) is 25.1 Å².